The molecule has 1 amide bonds. The van der Waals surface area contributed by atoms with Crippen LogP contribution in [0.25, 0.3) is 0 Å². The Balaban J connectivity index is 1.41. The van der Waals surface area contributed by atoms with E-state index in [9.17, 15) is 18.0 Å². The summed E-state index contributed by atoms with van der Waals surface area (Å²) in [5, 5.41) is 9.45. The van der Waals surface area contributed by atoms with Gasteiger partial charge in [-0.2, -0.15) is 18.2 Å². The zero-order valence-corrected chi connectivity index (χ0v) is 18.9. The van der Waals surface area contributed by atoms with Gasteiger partial charge < -0.3 is 20.9 Å². The van der Waals surface area contributed by atoms with Crippen molar-refractivity contribution in [3.63, 3.8) is 0 Å². The minimum atomic E-state index is -4.51. The van der Waals surface area contributed by atoms with Crippen molar-refractivity contribution in [2.75, 3.05) is 27.9 Å². The van der Waals surface area contributed by atoms with Crippen molar-refractivity contribution < 1.29 is 18.0 Å². The molecule has 0 saturated heterocycles. The predicted molar refractivity (Wildman–Crippen MR) is 118 cm³/mol. The number of hydrogen-bond donors (Lipinski definition) is 3. The lowest BCUT2D eigenvalue weighted by atomic mass is 9.99. The quantitative estimate of drug-likeness (QED) is 0.618. The number of aromatic nitrogens is 4. The maximum absolute atomic E-state index is 12.7. The van der Waals surface area contributed by atoms with Crippen molar-refractivity contribution in [3.8, 4) is 0 Å². The molecule has 3 heterocycles. The van der Waals surface area contributed by atoms with Gasteiger partial charge in [0.15, 0.2) is 11.5 Å². The first-order valence-electron chi connectivity index (χ1n) is 10.9. The smallest absolute Gasteiger partial charge is 0.366 e. The molecule has 1 aliphatic carbocycles. The van der Waals surface area contributed by atoms with E-state index < -0.39 is 11.9 Å². The molecule has 0 bridgehead atoms. The van der Waals surface area contributed by atoms with Gasteiger partial charge in [-0.1, -0.05) is 13.8 Å². The summed E-state index contributed by atoms with van der Waals surface area (Å²) in [6.07, 6.45) is -0.288. The van der Waals surface area contributed by atoms with E-state index in [2.05, 4.69) is 35.9 Å². The number of nitrogens with one attached hydrogen (secondary N) is 3. The molecule has 2 aromatic heterocycles. The van der Waals surface area contributed by atoms with E-state index >= 15 is 0 Å². The van der Waals surface area contributed by atoms with Crippen LogP contribution in [0.3, 0.4) is 0 Å². The normalized spacial score (nSPS) is 22.8. The number of anilines is 4. The topological polar surface area (TPSA) is 108 Å². The molecule has 3 atom stereocenters. The Morgan fingerprint density at radius 2 is 1.82 bits per heavy atom. The van der Waals surface area contributed by atoms with Crippen LogP contribution < -0.4 is 20.9 Å². The summed E-state index contributed by atoms with van der Waals surface area (Å²) >= 11 is 0. The summed E-state index contributed by atoms with van der Waals surface area (Å²) in [7, 11) is 1.86. The Bertz CT molecular complexity index is 1030. The number of fused-ring (bicyclic) bond motifs is 1. The third kappa shape index (κ3) is 4.79. The Morgan fingerprint density at radius 1 is 1.12 bits per heavy atom. The molecule has 0 aromatic carbocycles. The molecule has 178 valence electrons. The fourth-order valence-corrected chi connectivity index (χ4v) is 4.46. The second-order valence-electron chi connectivity index (χ2n) is 8.90. The van der Waals surface area contributed by atoms with E-state index in [1.165, 1.54) is 0 Å². The number of likely N-dealkylation sites (N-methyl/N-ethyl adjacent to an activating group) is 1. The van der Waals surface area contributed by atoms with E-state index in [4.69, 9.17) is 0 Å². The minimum Gasteiger partial charge on any atom is -0.366 e. The van der Waals surface area contributed by atoms with Gasteiger partial charge in [-0.15, -0.1) is 0 Å². The molecule has 9 nitrogen and oxygen atoms in total. The summed E-state index contributed by atoms with van der Waals surface area (Å²) in [5.41, 5.74) is 0.286. The zero-order valence-electron chi connectivity index (χ0n) is 18.9. The molecule has 1 fully saturated rings. The van der Waals surface area contributed by atoms with Crippen LogP contribution in [0.5, 0.6) is 0 Å². The highest BCUT2D eigenvalue weighted by molar-refractivity contribution is 6.03. The van der Waals surface area contributed by atoms with Crippen molar-refractivity contribution in [1.29, 1.82) is 0 Å². The highest BCUT2D eigenvalue weighted by Gasteiger charge is 2.36. The lowest BCUT2D eigenvalue weighted by Crippen LogP contribution is -2.49. The standard InChI is InChI=1S/C21H27F3N8O/c1-10(2)17-19(33)30-16-11(3)27-20(31-18(16)32(17)4)29-13-6-5-12(7-13)28-15-9-25-14(8-26-15)21(22,23)24/h8-10,12-13,17H,5-7H2,1-4H3,(H,26,28)(H,30,33)(H,27,29,31)/t12-,13+,17?/m0/s1. The first kappa shape index (κ1) is 23.0. The number of carbonyl (C=O) groups is 1. The largest absolute Gasteiger partial charge is 0.434 e. The van der Waals surface area contributed by atoms with Crippen LogP contribution in [0.1, 0.15) is 44.5 Å². The summed E-state index contributed by atoms with van der Waals surface area (Å²) in [6, 6.07) is -0.184. The van der Waals surface area contributed by atoms with Crippen molar-refractivity contribution in [2.24, 2.45) is 5.92 Å². The van der Waals surface area contributed by atoms with Crippen LogP contribution in [0, 0.1) is 12.8 Å². The number of hydrogen-bond acceptors (Lipinski definition) is 8. The Kier molecular flexibility index (Phi) is 6.02. The summed E-state index contributed by atoms with van der Waals surface area (Å²) in [4.78, 5) is 30.8. The molecule has 0 radical (unpaired) electrons. The van der Waals surface area contributed by atoms with E-state index in [1.54, 1.807) is 0 Å². The Morgan fingerprint density at radius 3 is 2.42 bits per heavy atom. The second kappa shape index (κ2) is 8.64. The number of nitrogens with zero attached hydrogens (tertiary/aromatic N) is 5. The van der Waals surface area contributed by atoms with Gasteiger partial charge in [-0.3, -0.25) is 4.79 Å². The molecule has 0 spiro atoms. The number of alkyl halides is 3. The molecule has 4 rings (SSSR count). The Labute approximate surface area is 189 Å². The van der Waals surface area contributed by atoms with E-state index in [-0.39, 0.29) is 30.0 Å². The minimum absolute atomic E-state index is 0.0412. The van der Waals surface area contributed by atoms with Gasteiger partial charge in [-0.25, -0.2) is 15.0 Å². The molecular weight excluding hydrogens is 437 g/mol. The summed E-state index contributed by atoms with van der Waals surface area (Å²) in [6.45, 7) is 5.81. The Hall–Kier alpha value is -3.18. The van der Waals surface area contributed by atoms with E-state index in [1.807, 2.05) is 32.7 Å². The van der Waals surface area contributed by atoms with Gasteiger partial charge in [0.05, 0.1) is 18.1 Å². The maximum atomic E-state index is 12.7. The fraction of sp³-hybridized carbons (Fsp3) is 0.571. The molecule has 33 heavy (non-hydrogen) atoms. The molecule has 2 aromatic rings. The van der Waals surface area contributed by atoms with Gasteiger partial charge in [-0.05, 0) is 32.1 Å². The van der Waals surface area contributed by atoms with Crippen LogP contribution in [0.2, 0.25) is 0 Å². The molecule has 1 aliphatic heterocycles. The van der Waals surface area contributed by atoms with Crippen molar-refractivity contribution in [3.05, 3.63) is 23.8 Å². The van der Waals surface area contributed by atoms with Gasteiger partial charge in [0.2, 0.25) is 11.9 Å². The van der Waals surface area contributed by atoms with Gasteiger partial charge in [0.25, 0.3) is 0 Å². The van der Waals surface area contributed by atoms with Crippen LogP contribution >= 0.6 is 0 Å². The monoisotopic (exact) mass is 464 g/mol. The summed E-state index contributed by atoms with van der Waals surface area (Å²) in [5.74, 6) is 1.52. The molecule has 12 heteroatoms. The lowest BCUT2D eigenvalue weighted by molar-refractivity contribution is -0.141. The van der Waals surface area contributed by atoms with Crippen molar-refractivity contribution in [2.45, 2.75) is 64.3 Å². The molecule has 1 saturated carbocycles. The fourth-order valence-electron chi connectivity index (χ4n) is 4.46. The average Bonchev–Trinajstić information content (AvgIpc) is 3.15. The number of aryl methyl sites for hydroxylation is 1. The zero-order chi connectivity index (χ0) is 23.9. The lowest BCUT2D eigenvalue weighted by Gasteiger charge is -2.37. The second-order valence-corrected chi connectivity index (χ2v) is 8.90. The summed E-state index contributed by atoms with van der Waals surface area (Å²) < 4.78 is 38.0. The van der Waals surface area contributed by atoms with Crippen molar-refractivity contribution in [1.82, 2.24) is 19.9 Å². The number of amides is 1. The maximum Gasteiger partial charge on any atom is 0.434 e. The van der Waals surface area contributed by atoms with E-state index in [0.717, 1.165) is 31.7 Å². The highest BCUT2D eigenvalue weighted by Crippen LogP contribution is 2.35. The van der Waals surface area contributed by atoms with Gasteiger partial charge in [0.1, 0.15) is 17.5 Å². The number of rotatable bonds is 5. The van der Waals surface area contributed by atoms with E-state index in [0.29, 0.717) is 29.0 Å². The predicted octanol–water partition coefficient (Wildman–Crippen LogP) is 3.45. The van der Waals surface area contributed by atoms with Crippen LogP contribution in [-0.4, -0.2) is 51.0 Å². The molecule has 2 aliphatic rings. The molecule has 1 unspecified atom stereocenters. The van der Waals surface area contributed by atoms with Gasteiger partial charge >= 0.3 is 6.18 Å². The van der Waals surface area contributed by atoms with Crippen LogP contribution in [-0.2, 0) is 11.0 Å². The number of halogens is 3. The van der Waals surface area contributed by atoms with Crippen LogP contribution in [0.4, 0.5) is 36.4 Å². The highest BCUT2D eigenvalue weighted by atomic mass is 19.4. The molecular formula is C21H27F3N8O. The third-order valence-electron chi connectivity index (χ3n) is 6.03. The number of carbonyl (C=O) groups excluding carboxylic acids is 1. The molecule has 3 N–H and O–H groups in total. The first-order valence-corrected chi connectivity index (χ1v) is 10.9. The average molecular weight is 464 g/mol. The third-order valence-corrected chi connectivity index (χ3v) is 6.03. The van der Waals surface area contributed by atoms with Crippen LogP contribution in [0.15, 0.2) is 12.4 Å². The van der Waals surface area contributed by atoms with Gasteiger partial charge in [0, 0.05) is 19.1 Å². The SMILES string of the molecule is Cc1nc(N[C@@H]2CC[C@H](Nc3cnc(C(F)(F)F)cn3)C2)nc2c1NC(=O)C(C(C)C)N2C. The van der Waals surface area contributed by atoms with Crippen molar-refractivity contribution >= 4 is 29.2 Å². The first-order chi connectivity index (χ1) is 15.5.